The van der Waals surface area contributed by atoms with Crippen LogP contribution in [0.4, 0.5) is 10.3 Å². The molecule has 3 N–H and O–H groups in total. The summed E-state index contributed by atoms with van der Waals surface area (Å²) in [6, 6.07) is -0.934. The summed E-state index contributed by atoms with van der Waals surface area (Å²) >= 11 is 4.06. The molecule has 2 aromatic heterocycles. The third-order valence-electron chi connectivity index (χ3n) is 5.70. The second-order valence-corrected chi connectivity index (χ2v) is 10.9. The number of aromatic nitrogens is 2. The number of amides is 2. The average molecular weight is 552 g/mol. The minimum absolute atomic E-state index is 0.117. The standard InChI is InChI=1S/C21H25N7O5S3/c1-5-33-25-13(12-9-35-20(22)23-12)16(29)24-14-17(30)28-15(19(31)32)11(8-34-18(14)28)6-26(3)21-27(4)10(2)7-36-21/h7,9,14,18H,5-6,8H2,1-4H3,(H3-,22,23,24,29,31,32)/b25-13+/t14?,18-/m1/s1. The number of oxime groups is 1. The van der Waals surface area contributed by atoms with E-state index in [1.807, 2.05) is 35.9 Å². The van der Waals surface area contributed by atoms with Gasteiger partial charge >= 0.3 is 5.13 Å². The molecule has 1 unspecified atom stereocenters. The number of hydrogen-bond acceptors (Lipinski definition) is 12. The first-order valence-corrected chi connectivity index (χ1v) is 13.7. The van der Waals surface area contributed by atoms with E-state index in [4.69, 9.17) is 10.6 Å². The van der Waals surface area contributed by atoms with Gasteiger partial charge in [-0.3, -0.25) is 19.4 Å². The lowest BCUT2D eigenvalue weighted by Crippen LogP contribution is -2.71. The van der Waals surface area contributed by atoms with E-state index in [-0.39, 0.29) is 28.8 Å². The molecule has 2 atom stereocenters. The van der Waals surface area contributed by atoms with Crippen molar-refractivity contribution >= 4 is 68.2 Å². The van der Waals surface area contributed by atoms with E-state index in [2.05, 4.69) is 15.5 Å². The fourth-order valence-corrected chi connectivity index (χ4v) is 6.74. The van der Waals surface area contributed by atoms with E-state index in [9.17, 15) is 19.5 Å². The number of β-lactam (4-membered cyclic amide) rings is 1. The number of aryl methyl sites for hydroxylation is 1. The Bertz CT molecular complexity index is 1270. The highest BCUT2D eigenvalue weighted by atomic mass is 32.2. The van der Waals surface area contributed by atoms with Crippen LogP contribution in [0.3, 0.4) is 0 Å². The average Bonchev–Trinajstić information content (AvgIpc) is 3.42. The summed E-state index contributed by atoms with van der Waals surface area (Å²) in [4.78, 5) is 50.3. The monoisotopic (exact) mass is 551 g/mol. The van der Waals surface area contributed by atoms with Gasteiger partial charge in [0.25, 0.3) is 11.8 Å². The van der Waals surface area contributed by atoms with E-state index in [1.54, 1.807) is 23.6 Å². The number of aliphatic carboxylic acids is 1. The summed E-state index contributed by atoms with van der Waals surface area (Å²) in [5.74, 6) is -2.26. The van der Waals surface area contributed by atoms with Crippen LogP contribution in [0.1, 0.15) is 18.3 Å². The number of carboxylic acid groups (broad SMARTS) is 1. The molecule has 15 heteroatoms. The number of nitrogens with two attached hydrogens (primary N) is 1. The number of nitrogen functional groups attached to an aromatic ring is 1. The number of thiazole rings is 2. The van der Waals surface area contributed by atoms with Gasteiger partial charge in [-0.15, -0.1) is 23.1 Å². The quantitative estimate of drug-likeness (QED) is 0.176. The van der Waals surface area contributed by atoms with Crippen LogP contribution in [0.25, 0.3) is 0 Å². The van der Waals surface area contributed by atoms with Crippen molar-refractivity contribution in [1.82, 2.24) is 15.2 Å². The van der Waals surface area contributed by atoms with Gasteiger partial charge in [0.05, 0.1) is 25.8 Å². The van der Waals surface area contributed by atoms with E-state index < -0.39 is 29.2 Å². The third-order valence-corrected chi connectivity index (χ3v) is 8.97. The molecule has 0 aliphatic carbocycles. The van der Waals surface area contributed by atoms with Crippen molar-refractivity contribution in [2.45, 2.75) is 25.3 Å². The first kappa shape index (κ1) is 25.9. The topological polar surface area (TPSA) is 157 Å². The molecule has 1 saturated heterocycles. The first-order chi connectivity index (χ1) is 17.1. The minimum atomic E-state index is -1.43. The molecule has 0 aromatic carbocycles. The molecular formula is C21H25N7O5S3. The highest BCUT2D eigenvalue weighted by Crippen LogP contribution is 2.40. The molecule has 0 bridgehead atoms. The van der Waals surface area contributed by atoms with Crippen LogP contribution >= 0.6 is 34.4 Å². The van der Waals surface area contributed by atoms with Crippen LogP contribution in [-0.4, -0.2) is 70.7 Å². The minimum Gasteiger partial charge on any atom is -0.543 e. The smallest absolute Gasteiger partial charge is 0.335 e. The predicted octanol–water partition coefficient (Wildman–Crippen LogP) is -0.799. The van der Waals surface area contributed by atoms with Crippen molar-refractivity contribution in [2.24, 2.45) is 12.2 Å². The predicted molar refractivity (Wildman–Crippen MR) is 135 cm³/mol. The molecule has 2 amide bonds. The number of carboxylic acids is 1. The molecule has 4 heterocycles. The molecule has 1 fully saturated rings. The van der Waals surface area contributed by atoms with Crippen molar-refractivity contribution in [2.75, 3.05) is 36.6 Å². The van der Waals surface area contributed by atoms with E-state index in [1.165, 1.54) is 16.7 Å². The molecule has 4 rings (SSSR count). The van der Waals surface area contributed by atoms with Crippen molar-refractivity contribution in [3.05, 3.63) is 33.4 Å². The Morgan fingerprint density at radius 1 is 1.42 bits per heavy atom. The Kier molecular flexibility index (Phi) is 7.51. The van der Waals surface area contributed by atoms with Crippen molar-refractivity contribution in [1.29, 1.82) is 0 Å². The van der Waals surface area contributed by atoms with Crippen LogP contribution in [0.15, 0.2) is 27.2 Å². The summed E-state index contributed by atoms with van der Waals surface area (Å²) in [5.41, 5.74) is 7.29. The molecule has 36 heavy (non-hydrogen) atoms. The largest absolute Gasteiger partial charge is 0.543 e. The Hall–Kier alpha value is -3.17. The maximum Gasteiger partial charge on any atom is 0.335 e. The second-order valence-electron chi connectivity index (χ2n) is 8.10. The van der Waals surface area contributed by atoms with Gasteiger partial charge in [-0.05, 0) is 13.8 Å². The van der Waals surface area contributed by atoms with Crippen LogP contribution in [0.5, 0.6) is 0 Å². The SMILES string of the molecule is CCO/N=C(/C(=O)NC1C(=O)N2C(C(=O)[O-])=C(CN(C)c3scc(C)[n+]3C)CS[C@H]12)c1csc(N)n1. The van der Waals surface area contributed by atoms with Crippen molar-refractivity contribution < 1.29 is 28.9 Å². The second kappa shape index (κ2) is 10.4. The fraction of sp³-hybridized carbons (Fsp3) is 0.429. The maximum absolute atomic E-state index is 13.0. The summed E-state index contributed by atoms with van der Waals surface area (Å²) in [5, 5.41) is 22.8. The lowest BCUT2D eigenvalue weighted by atomic mass is 10.0. The lowest BCUT2D eigenvalue weighted by molar-refractivity contribution is -0.660. The molecular weight excluding hydrogens is 526 g/mol. The zero-order valence-corrected chi connectivity index (χ0v) is 22.5. The van der Waals surface area contributed by atoms with Crippen molar-refractivity contribution in [3.63, 3.8) is 0 Å². The first-order valence-electron chi connectivity index (χ1n) is 10.9. The molecule has 2 aromatic rings. The van der Waals surface area contributed by atoms with Crippen LogP contribution in [0, 0.1) is 6.92 Å². The Morgan fingerprint density at radius 2 is 2.17 bits per heavy atom. The van der Waals surface area contributed by atoms with E-state index >= 15 is 0 Å². The third kappa shape index (κ3) is 4.77. The number of nitrogens with zero attached hydrogens (tertiary/aromatic N) is 5. The summed E-state index contributed by atoms with van der Waals surface area (Å²) < 4.78 is 2.01. The van der Waals surface area contributed by atoms with Gasteiger partial charge in [0.2, 0.25) is 0 Å². The van der Waals surface area contributed by atoms with Gasteiger partial charge in [0, 0.05) is 22.1 Å². The van der Waals surface area contributed by atoms with Gasteiger partial charge in [-0.1, -0.05) is 16.5 Å². The number of carbonyl (C=O) groups excluding carboxylic acids is 3. The number of likely N-dealkylation sites (N-methyl/N-ethyl adjacent to an activating group) is 1. The number of thioether (sulfide) groups is 1. The highest BCUT2D eigenvalue weighted by molar-refractivity contribution is 8.00. The molecule has 2 aliphatic rings. The summed E-state index contributed by atoms with van der Waals surface area (Å²) in [6.45, 7) is 4.24. The number of fused-ring (bicyclic) bond motifs is 1. The molecule has 12 nitrogen and oxygen atoms in total. The molecule has 0 radical (unpaired) electrons. The van der Waals surface area contributed by atoms with Crippen molar-refractivity contribution in [3.8, 4) is 0 Å². The number of hydrogen-bond donors (Lipinski definition) is 2. The maximum atomic E-state index is 13.0. The van der Waals surface area contributed by atoms with Gasteiger partial charge in [-0.2, -0.15) is 0 Å². The van der Waals surface area contributed by atoms with Gasteiger partial charge < -0.3 is 25.8 Å². The summed E-state index contributed by atoms with van der Waals surface area (Å²) in [7, 11) is 3.81. The molecule has 2 aliphatic heterocycles. The Morgan fingerprint density at radius 3 is 2.75 bits per heavy atom. The Balaban J connectivity index is 1.52. The number of anilines is 2. The normalized spacial score (nSPS) is 19.6. The zero-order valence-electron chi connectivity index (χ0n) is 20.0. The fourth-order valence-electron chi connectivity index (χ4n) is 3.88. The Labute approximate surface area is 219 Å². The van der Waals surface area contributed by atoms with Gasteiger partial charge in [0.15, 0.2) is 10.8 Å². The van der Waals surface area contributed by atoms with Crippen LogP contribution < -0.4 is 25.6 Å². The van der Waals surface area contributed by atoms with Crippen LogP contribution in [0.2, 0.25) is 0 Å². The molecule has 0 saturated carbocycles. The molecule has 0 spiro atoms. The number of carbonyl (C=O) groups is 3. The van der Waals surface area contributed by atoms with E-state index in [0.29, 0.717) is 17.9 Å². The molecule has 192 valence electrons. The number of nitrogens with one attached hydrogen (secondary N) is 1. The van der Waals surface area contributed by atoms with Gasteiger partial charge in [0.1, 0.15) is 36.0 Å². The van der Waals surface area contributed by atoms with E-state index in [0.717, 1.165) is 22.2 Å². The van der Waals surface area contributed by atoms with Gasteiger partial charge in [-0.25, -0.2) is 9.55 Å². The number of rotatable bonds is 9. The van der Waals surface area contributed by atoms with Crippen LogP contribution in [-0.2, 0) is 26.3 Å². The summed E-state index contributed by atoms with van der Waals surface area (Å²) in [6.07, 6.45) is 0. The lowest BCUT2D eigenvalue weighted by Gasteiger charge is -2.50. The highest BCUT2D eigenvalue weighted by Gasteiger charge is 2.53. The zero-order chi connectivity index (χ0) is 26.1.